The highest BCUT2D eigenvalue weighted by Gasteiger charge is 2.30. The molecule has 0 aromatic heterocycles. The van der Waals surface area contributed by atoms with Crippen LogP contribution < -0.4 is 14.8 Å². The number of rotatable bonds is 15. The van der Waals surface area contributed by atoms with Crippen molar-refractivity contribution in [2.24, 2.45) is 0 Å². The zero-order chi connectivity index (χ0) is 28.9. The van der Waals surface area contributed by atoms with Crippen molar-refractivity contribution in [2.45, 2.75) is 51.8 Å². The SMILES string of the molecule is COc1ccc(CC(=O)N(Cc2ccc(Cl)cc2)[C@@H](Cc2ccccc2)C(=O)NCCCOC(C)C)cc1OC. The van der Waals surface area contributed by atoms with Crippen molar-refractivity contribution >= 4 is 23.4 Å². The molecule has 8 heteroatoms. The second kappa shape index (κ2) is 15.9. The third-order valence-corrected chi connectivity index (χ3v) is 6.66. The van der Waals surface area contributed by atoms with Crippen molar-refractivity contribution < 1.29 is 23.8 Å². The van der Waals surface area contributed by atoms with E-state index in [0.29, 0.717) is 42.5 Å². The maximum Gasteiger partial charge on any atom is 0.243 e. The Morgan fingerprint density at radius 3 is 2.20 bits per heavy atom. The molecule has 0 unspecified atom stereocenters. The van der Waals surface area contributed by atoms with Gasteiger partial charge >= 0.3 is 0 Å². The van der Waals surface area contributed by atoms with Gasteiger partial charge in [0.05, 0.1) is 26.7 Å². The summed E-state index contributed by atoms with van der Waals surface area (Å²) in [5.41, 5.74) is 2.60. The Morgan fingerprint density at radius 1 is 0.875 bits per heavy atom. The number of methoxy groups -OCH3 is 2. The monoisotopic (exact) mass is 566 g/mol. The highest BCUT2D eigenvalue weighted by molar-refractivity contribution is 6.30. The van der Waals surface area contributed by atoms with Crippen LogP contribution in [-0.4, -0.2) is 56.2 Å². The van der Waals surface area contributed by atoms with Gasteiger partial charge in [0.1, 0.15) is 6.04 Å². The number of carbonyl (C=O) groups is 2. The summed E-state index contributed by atoms with van der Waals surface area (Å²) in [4.78, 5) is 29.3. The van der Waals surface area contributed by atoms with Gasteiger partial charge in [0.25, 0.3) is 0 Å². The lowest BCUT2D eigenvalue weighted by Crippen LogP contribution is -2.51. The van der Waals surface area contributed by atoms with Gasteiger partial charge in [-0.3, -0.25) is 9.59 Å². The maximum atomic E-state index is 14.0. The van der Waals surface area contributed by atoms with Crippen LogP contribution in [0, 0.1) is 0 Å². The highest BCUT2D eigenvalue weighted by atomic mass is 35.5. The van der Waals surface area contributed by atoms with E-state index in [0.717, 1.165) is 16.7 Å². The Balaban J connectivity index is 1.90. The van der Waals surface area contributed by atoms with Gasteiger partial charge < -0.3 is 24.4 Å². The lowest BCUT2D eigenvalue weighted by Gasteiger charge is -2.32. The quantitative estimate of drug-likeness (QED) is 0.247. The molecule has 7 nitrogen and oxygen atoms in total. The van der Waals surface area contributed by atoms with Crippen LogP contribution >= 0.6 is 11.6 Å². The van der Waals surface area contributed by atoms with Gasteiger partial charge in [-0.15, -0.1) is 0 Å². The van der Waals surface area contributed by atoms with Crippen LogP contribution in [0.4, 0.5) is 0 Å². The van der Waals surface area contributed by atoms with Gasteiger partial charge in [-0.25, -0.2) is 0 Å². The van der Waals surface area contributed by atoms with E-state index in [4.69, 9.17) is 25.8 Å². The Labute approximate surface area is 242 Å². The molecule has 0 saturated heterocycles. The predicted molar refractivity (Wildman–Crippen MR) is 158 cm³/mol. The first-order chi connectivity index (χ1) is 19.3. The van der Waals surface area contributed by atoms with Crippen LogP contribution in [-0.2, 0) is 33.7 Å². The summed E-state index contributed by atoms with van der Waals surface area (Å²) in [5.74, 6) is 0.739. The van der Waals surface area contributed by atoms with Crippen LogP contribution in [0.1, 0.15) is 37.0 Å². The molecule has 3 aromatic rings. The first kappa shape index (κ1) is 31.0. The van der Waals surface area contributed by atoms with Gasteiger partial charge in [-0.2, -0.15) is 0 Å². The molecule has 0 aliphatic heterocycles. The van der Waals surface area contributed by atoms with E-state index < -0.39 is 6.04 Å². The van der Waals surface area contributed by atoms with E-state index in [1.54, 1.807) is 43.4 Å². The predicted octanol–water partition coefficient (Wildman–Crippen LogP) is 5.47. The van der Waals surface area contributed by atoms with Crippen LogP contribution in [0.15, 0.2) is 72.8 Å². The Bertz CT molecular complexity index is 1220. The number of ether oxygens (including phenoxy) is 3. The van der Waals surface area contributed by atoms with Gasteiger partial charge in [0, 0.05) is 31.1 Å². The van der Waals surface area contributed by atoms with E-state index in [9.17, 15) is 9.59 Å². The molecule has 3 rings (SSSR count). The Morgan fingerprint density at radius 2 is 1.55 bits per heavy atom. The van der Waals surface area contributed by atoms with E-state index in [2.05, 4.69) is 5.32 Å². The smallest absolute Gasteiger partial charge is 0.243 e. The molecule has 1 atom stereocenters. The second-order valence-corrected chi connectivity index (χ2v) is 10.2. The van der Waals surface area contributed by atoms with Crippen LogP contribution in [0.25, 0.3) is 0 Å². The topological polar surface area (TPSA) is 77.1 Å². The summed E-state index contributed by atoms with van der Waals surface area (Å²) >= 11 is 6.12. The number of benzene rings is 3. The zero-order valence-electron chi connectivity index (χ0n) is 23.7. The molecule has 0 fully saturated rings. The van der Waals surface area contributed by atoms with Gasteiger partial charge in [0.15, 0.2) is 11.5 Å². The first-order valence-electron chi connectivity index (χ1n) is 13.5. The number of nitrogens with one attached hydrogen (secondary N) is 1. The fraction of sp³-hybridized carbons (Fsp3) is 0.375. The fourth-order valence-corrected chi connectivity index (χ4v) is 4.45. The Hall–Kier alpha value is -3.55. The molecule has 0 spiro atoms. The molecule has 0 aliphatic carbocycles. The molecule has 2 amide bonds. The summed E-state index contributed by atoms with van der Waals surface area (Å²) < 4.78 is 16.4. The molecule has 0 saturated carbocycles. The van der Waals surface area contributed by atoms with Crippen LogP contribution in [0.2, 0.25) is 5.02 Å². The average molecular weight is 567 g/mol. The molecule has 0 radical (unpaired) electrons. The summed E-state index contributed by atoms with van der Waals surface area (Å²) in [6.07, 6.45) is 1.28. The van der Waals surface area contributed by atoms with Gasteiger partial charge in [0.2, 0.25) is 11.8 Å². The van der Waals surface area contributed by atoms with Crippen LogP contribution in [0.5, 0.6) is 11.5 Å². The number of nitrogens with zero attached hydrogens (tertiary/aromatic N) is 1. The van der Waals surface area contributed by atoms with Gasteiger partial charge in [-0.05, 0) is 61.2 Å². The normalized spacial score (nSPS) is 11.7. The zero-order valence-corrected chi connectivity index (χ0v) is 24.4. The average Bonchev–Trinajstić information content (AvgIpc) is 2.95. The van der Waals surface area contributed by atoms with E-state index in [1.165, 1.54) is 0 Å². The van der Waals surface area contributed by atoms with Crippen molar-refractivity contribution in [3.05, 3.63) is 94.5 Å². The van der Waals surface area contributed by atoms with Crippen molar-refractivity contribution in [2.75, 3.05) is 27.4 Å². The fourth-order valence-electron chi connectivity index (χ4n) is 4.33. The maximum absolute atomic E-state index is 14.0. The molecular weight excluding hydrogens is 528 g/mol. The molecule has 0 aliphatic rings. The lowest BCUT2D eigenvalue weighted by molar-refractivity contribution is -0.140. The van der Waals surface area contributed by atoms with E-state index in [-0.39, 0.29) is 30.9 Å². The summed E-state index contributed by atoms with van der Waals surface area (Å²) in [5, 5.41) is 3.64. The second-order valence-electron chi connectivity index (χ2n) is 9.78. The summed E-state index contributed by atoms with van der Waals surface area (Å²) in [6, 6.07) is 21.7. The third-order valence-electron chi connectivity index (χ3n) is 6.41. The van der Waals surface area contributed by atoms with Crippen molar-refractivity contribution in [3.8, 4) is 11.5 Å². The molecule has 0 heterocycles. The number of carbonyl (C=O) groups excluding carboxylic acids is 2. The minimum absolute atomic E-state index is 0.0920. The minimum atomic E-state index is -0.725. The molecule has 0 bridgehead atoms. The largest absolute Gasteiger partial charge is 0.493 e. The summed E-state index contributed by atoms with van der Waals surface area (Å²) in [6.45, 7) is 5.22. The molecule has 214 valence electrons. The molecule has 3 aromatic carbocycles. The summed E-state index contributed by atoms with van der Waals surface area (Å²) in [7, 11) is 3.13. The van der Waals surface area contributed by atoms with Gasteiger partial charge in [-0.1, -0.05) is 60.1 Å². The van der Waals surface area contributed by atoms with E-state index in [1.807, 2.05) is 62.4 Å². The van der Waals surface area contributed by atoms with Crippen LogP contribution in [0.3, 0.4) is 0 Å². The number of amides is 2. The minimum Gasteiger partial charge on any atom is -0.493 e. The highest BCUT2D eigenvalue weighted by Crippen LogP contribution is 2.28. The van der Waals surface area contributed by atoms with Crippen molar-refractivity contribution in [1.29, 1.82) is 0 Å². The molecule has 1 N–H and O–H groups in total. The standard InChI is InChI=1S/C32H39ClN2O5/c1-23(2)40-18-8-17-34-32(37)28(19-24-9-6-5-7-10-24)35(22-25-11-14-27(33)15-12-25)31(36)21-26-13-16-29(38-3)30(20-26)39-4/h5-7,9-16,20,23,28H,8,17-19,21-22H2,1-4H3,(H,34,37)/t28-/m0/s1. The first-order valence-corrected chi connectivity index (χ1v) is 13.9. The van der Waals surface area contributed by atoms with Crippen molar-refractivity contribution in [3.63, 3.8) is 0 Å². The Kier molecular flexibility index (Phi) is 12.3. The number of hydrogen-bond donors (Lipinski definition) is 1. The third kappa shape index (κ3) is 9.57. The number of halogens is 1. The van der Waals surface area contributed by atoms with Crippen molar-refractivity contribution in [1.82, 2.24) is 10.2 Å². The van der Waals surface area contributed by atoms with E-state index >= 15 is 0 Å². The molecule has 40 heavy (non-hydrogen) atoms. The molecular formula is C32H39ClN2O5. The lowest BCUT2D eigenvalue weighted by atomic mass is 10.0. The number of hydrogen-bond acceptors (Lipinski definition) is 5.